The lowest BCUT2D eigenvalue weighted by atomic mass is 9.95. The summed E-state index contributed by atoms with van der Waals surface area (Å²) in [5.41, 5.74) is 1.07. The van der Waals surface area contributed by atoms with Gasteiger partial charge in [-0.3, -0.25) is 24.0 Å². The number of ether oxygens (including phenoxy) is 2. The summed E-state index contributed by atoms with van der Waals surface area (Å²) < 4.78 is 10.5. The maximum absolute atomic E-state index is 12.9. The van der Waals surface area contributed by atoms with E-state index in [1.54, 1.807) is 18.2 Å². The Balaban J connectivity index is 1.35. The highest BCUT2D eigenvalue weighted by molar-refractivity contribution is 6.38. The molecule has 2 aliphatic heterocycles. The first-order chi connectivity index (χ1) is 17.4. The zero-order valence-corrected chi connectivity index (χ0v) is 19.4. The standard InChI is InChI=1S/C25H26N4O7/c30-21(13-28-24(33)16-6-7-19-20(11-16)36-14-35-19)29-18(10-17-8-9-26-23(17)32)22(31)25(34)27-12-15-4-2-1-3-5-15/h1-7,11,17-18H,8-10,12-14H2,(H,26,32)(H,27,34)(H,28,33)(H,29,30). The van der Waals surface area contributed by atoms with Crippen molar-refractivity contribution in [3.8, 4) is 11.5 Å². The van der Waals surface area contributed by atoms with Crippen molar-refractivity contribution in [1.29, 1.82) is 0 Å². The quantitative estimate of drug-likeness (QED) is 0.341. The number of fused-ring (bicyclic) bond motifs is 1. The third kappa shape index (κ3) is 6.17. The van der Waals surface area contributed by atoms with E-state index in [9.17, 15) is 24.0 Å². The van der Waals surface area contributed by atoms with Crippen molar-refractivity contribution in [2.24, 2.45) is 5.92 Å². The molecular weight excluding hydrogens is 468 g/mol. The molecule has 188 valence electrons. The summed E-state index contributed by atoms with van der Waals surface area (Å²) in [7, 11) is 0. The van der Waals surface area contributed by atoms with E-state index >= 15 is 0 Å². The molecule has 0 aliphatic carbocycles. The summed E-state index contributed by atoms with van der Waals surface area (Å²) in [5, 5.41) is 10.2. The predicted octanol–water partition coefficient (Wildman–Crippen LogP) is 0.0416. The smallest absolute Gasteiger partial charge is 0.289 e. The molecule has 4 rings (SSSR count). The Kier molecular flexibility index (Phi) is 7.79. The fraction of sp³-hybridized carbons (Fsp3) is 0.320. The third-order valence-corrected chi connectivity index (χ3v) is 5.90. The number of benzene rings is 2. The highest BCUT2D eigenvalue weighted by atomic mass is 16.7. The summed E-state index contributed by atoms with van der Waals surface area (Å²) in [6, 6.07) is 12.5. The summed E-state index contributed by atoms with van der Waals surface area (Å²) in [6.07, 6.45) is 0.468. The zero-order valence-electron chi connectivity index (χ0n) is 19.4. The van der Waals surface area contributed by atoms with Gasteiger partial charge in [-0.25, -0.2) is 0 Å². The molecule has 0 bridgehead atoms. The molecule has 2 unspecified atom stereocenters. The zero-order chi connectivity index (χ0) is 25.5. The van der Waals surface area contributed by atoms with Gasteiger partial charge in [0, 0.05) is 24.6 Å². The summed E-state index contributed by atoms with van der Waals surface area (Å²) in [5.74, 6) is -2.72. The molecule has 2 atom stereocenters. The second kappa shape index (κ2) is 11.3. The van der Waals surface area contributed by atoms with Gasteiger partial charge in [-0.1, -0.05) is 30.3 Å². The minimum Gasteiger partial charge on any atom is -0.454 e. The van der Waals surface area contributed by atoms with Crippen LogP contribution in [0.3, 0.4) is 0 Å². The van der Waals surface area contributed by atoms with Crippen LogP contribution in [0.5, 0.6) is 11.5 Å². The third-order valence-electron chi connectivity index (χ3n) is 5.90. The molecule has 0 spiro atoms. The number of hydrogen-bond donors (Lipinski definition) is 4. The first kappa shape index (κ1) is 24.7. The number of nitrogens with one attached hydrogen (secondary N) is 4. The second-order valence-electron chi connectivity index (χ2n) is 8.42. The molecule has 4 N–H and O–H groups in total. The van der Waals surface area contributed by atoms with Crippen molar-refractivity contribution in [3.63, 3.8) is 0 Å². The Morgan fingerprint density at radius 3 is 2.53 bits per heavy atom. The maximum Gasteiger partial charge on any atom is 0.289 e. The van der Waals surface area contributed by atoms with E-state index in [4.69, 9.17) is 9.47 Å². The Morgan fingerprint density at radius 1 is 1.00 bits per heavy atom. The minimum atomic E-state index is -1.22. The molecule has 1 saturated heterocycles. The first-order valence-corrected chi connectivity index (χ1v) is 11.5. The average molecular weight is 495 g/mol. The number of carbonyl (C=O) groups excluding carboxylic acids is 5. The predicted molar refractivity (Wildman–Crippen MR) is 126 cm³/mol. The molecule has 4 amide bonds. The number of Topliss-reactive ketones (excluding diaryl/α,β-unsaturated/α-hetero) is 1. The van der Waals surface area contributed by atoms with Gasteiger partial charge in [0.1, 0.15) is 0 Å². The van der Waals surface area contributed by atoms with Gasteiger partial charge in [-0.05, 0) is 36.6 Å². The van der Waals surface area contributed by atoms with E-state index in [1.165, 1.54) is 12.1 Å². The second-order valence-corrected chi connectivity index (χ2v) is 8.42. The molecular formula is C25H26N4O7. The molecule has 11 nitrogen and oxygen atoms in total. The lowest BCUT2D eigenvalue weighted by Crippen LogP contribution is -2.50. The molecule has 36 heavy (non-hydrogen) atoms. The van der Waals surface area contributed by atoms with Gasteiger partial charge in [0.2, 0.25) is 24.4 Å². The van der Waals surface area contributed by atoms with Crippen molar-refractivity contribution < 1.29 is 33.4 Å². The van der Waals surface area contributed by atoms with Gasteiger partial charge in [-0.2, -0.15) is 0 Å². The van der Waals surface area contributed by atoms with E-state index in [-0.39, 0.29) is 31.2 Å². The van der Waals surface area contributed by atoms with E-state index in [1.807, 2.05) is 18.2 Å². The highest BCUT2D eigenvalue weighted by Gasteiger charge is 2.34. The van der Waals surface area contributed by atoms with Crippen LogP contribution in [-0.4, -0.2) is 55.3 Å². The van der Waals surface area contributed by atoms with Crippen LogP contribution in [0, 0.1) is 5.92 Å². The van der Waals surface area contributed by atoms with Crippen LogP contribution >= 0.6 is 0 Å². The van der Waals surface area contributed by atoms with E-state index in [2.05, 4.69) is 21.3 Å². The molecule has 0 saturated carbocycles. The van der Waals surface area contributed by atoms with Gasteiger partial charge in [0.15, 0.2) is 11.5 Å². The van der Waals surface area contributed by atoms with E-state index < -0.39 is 42.0 Å². The van der Waals surface area contributed by atoms with E-state index in [0.717, 1.165) is 5.56 Å². The van der Waals surface area contributed by atoms with Gasteiger partial charge >= 0.3 is 0 Å². The Morgan fingerprint density at radius 2 is 1.78 bits per heavy atom. The number of rotatable bonds is 10. The summed E-state index contributed by atoms with van der Waals surface area (Å²) in [6.45, 7) is 0.238. The van der Waals surface area contributed by atoms with E-state index in [0.29, 0.717) is 24.5 Å². The molecule has 2 aromatic rings. The van der Waals surface area contributed by atoms with Gasteiger partial charge < -0.3 is 30.7 Å². The Hall–Kier alpha value is -4.41. The molecule has 11 heteroatoms. The summed E-state index contributed by atoms with van der Waals surface area (Å²) >= 11 is 0. The minimum absolute atomic E-state index is 0.0225. The molecule has 0 radical (unpaired) electrons. The van der Waals surface area contributed by atoms with Crippen molar-refractivity contribution in [1.82, 2.24) is 21.3 Å². The van der Waals surface area contributed by atoms with Gasteiger partial charge in [0.25, 0.3) is 11.8 Å². The lowest BCUT2D eigenvalue weighted by molar-refractivity contribution is -0.140. The topological polar surface area (TPSA) is 152 Å². The molecule has 2 heterocycles. The van der Waals surface area contributed by atoms with Gasteiger partial charge in [0.05, 0.1) is 12.6 Å². The van der Waals surface area contributed by atoms with Crippen LogP contribution in [-0.2, 0) is 25.7 Å². The SMILES string of the molecule is O=C(CNC(=O)c1ccc2c(c1)OCO2)NC(CC1CCNC1=O)C(=O)C(=O)NCc1ccccc1. The Labute approximate surface area is 206 Å². The molecule has 2 aliphatic rings. The number of amides is 4. The fourth-order valence-electron chi connectivity index (χ4n) is 3.96. The lowest BCUT2D eigenvalue weighted by Gasteiger charge is -2.20. The van der Waals surface area contributed by atoms with Crippen molar-refractivity contribution in [2.45, 2.75) is 25.4 Å². The largest absolute Gasteiger partial charge is 0.454 e. The Bertz CT molecular complexity index is 1170. The first-order valence-electron chi connectivity index (χ1n) is 11.5. The monoisotopic (exact) mass is 494 g/mol. The van der Waals surface area contributed by atoms with Crippen LogP contribution in [0.1, 0.15) is 28.8 Å². The van der Waals surface area contributed by atoms with Crippen molar-refractivity contribution in [2.75, 3.05) is 19.9 Å². The van der Waals surface area contributed by atoms with Crippen LogP contribution in [0.15, 0.2) is 48.5 Å². The highest BCUT2D eigenvalue weighted by Crippen LogP contribution is 2.32. The van der Waals surface area contributed by atoms with Crippen LogP contribution < -0.4 is 30.7 Å². The van der Waals surface area contributed by atoms with Gasteiger partial charge in [-0.15, -0.1) is 0 Å². The number of hydrogen-bond acceptors (Lipinski definition) is 7. The number of ketones is 1. The average Bonchev–Trinajstić information content (AvgIpc) is 3.53. The van der Waals surface area contributed by atoms with Crippen LogP contribution in [0.4, 0.5) is 0 Å². The molecule has 1 fully saturated rings. The fourth-order valence-corrected chi connectivity index (χ4v) is 3.96. The molecule has 0 aromatic heterocycles. The normalized spacial score (nSPS) is 16.6. The maximum atomic E-state index is 12.9. The number of carbonyl (C=O) groups is 5. The summed E-state index contributed by atoms with van der Waals surface area (Å²) in [4.78, 5) is 62.5. The molecule has 2 aromatic carbocycles. The van der Waals surface area contributed by atoms with Crippen molar-refractivity contribution in [3.05, 3.63) is 59.7 Å². The van der Waals surface area contributed by atoms with Crippen LogP contribution in [0.2, 0.25) is 0 Å². The van der Waals surface area contributed by atoms with Crippen molar-refractivity contribution >= 4 is 29.4 Å². The van der Waals surface area contributed by atoms with Crippen LogP contribution in [0.25, 0.3) is 0 Å².